The van der Waals surface area contributed by atoms with E-state index in [-0.39, 0.29) is 69.6 Å². The molecule has 204 valence electrons. The Bertz CT molecular complexity index is 1640. The highest BCUT2D eigenvalue weighted by Crippen LogP contribution is 2.37. The molecule has 4 rings (SSSR count). The molecule has 0 aliphatic rings. The van der Waals surface area contributed by atoms with Gasteiger partial charge in [-0.25, -0.2) is 18.7 Å². The van der Waals surface area contributed by atoms with Crippen molar-refractivity contribution in [1.82, 2.24) is 24.8 Å². The van der Waals surface area contributed by atoms with Gasteiger partial charge in [0.15, 0.2) is 29.5 Å². The maximum Gasteiger partial charge on any atom is 0.332 e. The van der Waals surface area contributed by atoms with Crippen molar-refractivity contribution in [3.63, 3.8) is 0 Å². The monoisotopic (exact) mass is 559 g/mol. The highest BCUT2D eigenvalue weighted by atomic mass is 35.5. The smallest absolute Gasteiger partial charge is 0.332 e. The number of likely N-dealkylation sites (N-methyl/N-ethyl adjacent to an activating group) is 1. The lowest BCUT2D eigenvalue weighted by molar-refractivity contribution is -0.122. The summed E-state index contributed by atoms with van der Waals surface area (Å²) in [5, 5.41) is 2.45. The molecular weight excluding hydrogens is 537 g/mol. The minimum absolute atomic E-state index is 0.0136. The molecule has 0 saturated carbocycles. The molecule has 0 bridgehead atoms. The van der Waals surface area contributed by atoms with Crippen molar-refractivity contribution in [1.29, 1.82) is 0 Å². The Balaban J connectivity index is 1.87. The molecule has 39 heavy (non-hydrogen) atoms. The van der Waals surface area contributed by atoms with Gasteiger partial charge in [-0.05, 0) is 12.1 Å². The highest BCUT2D eigenvalue weighted by Gasteiger charge is 2.23. The Kier molecular flexibility index (Phi) is 8.00. The van der Waals surface area contributed by atoms with Gasteiger partial charge in [0.1, 0.15) is 23.7 Å². The Hall–Kier alpha value is -4.65. The van der Waals surface area contributed by atoms with Crippen molar-refractivity contribution < 1.29 is 32.9 Å². The van der Waals surface area contributed by atoms with Gasteiger partial charge >= 0.3 is 5.69 Å². The lowest BCUT2D eigenvalue weighted by Gasteiger charge is -2.17. The van der Waals surface area contributed by atoms with Crippen molar-refractivity contribution in [2.45, 2.75) is 13.5 Å². The average Bonchev–Trinajstić information content (AvgIpc) is 3.26. The Morgan fingerprint density at radius 2 is 1.85 bits per heavy atom. The summed E-state index contributed by atoms with van der Waals surface area (Å²) in [7, 11) is 4.17. The summed E-state index contributed by atoms with van der Waals surface area (Å²) in [5.74, 6) is -1.32. The van der Waals surface area contributed by atoms with E-state index in [1.807, 2.05) is 0 Å². The number of carbonyl (C=O) groups is 2. The maximum atomic E-state index is 14.5. The molecule has 2 heterocycles. The van der Waals surface area contributed by atoms with Gasteiger partial charge in [0, 0.05) is 26.1 Å². The van der Waals surface area contributed by atoms with Crippen LogP contribution in [0.4, 0.5) is 4.39 Å². The molecule has 0 saturated heterocycles. The predicted molar refractivity (Wildman–Crippen MR) is 138 cm³/mol. The van der Waals surface area contributed by atoms with Gasteiger partial charge in [0.25, 0.3) is 5.91 Å². The third-order valence-corrected chi connectivity index (χ3v) is 5.87. The molecule has 2 aromatic carbocycles. The number of halogens is 2. The number of H-pyrrole nitrogens is 1. The van der Waals surface area contributed by atoms with E-state index < -0.39 is 23.2 Å². The molecule has 0 radical (unpaired) electrons. The molecule has 0 fully saturated rings. The number of ketones is 1. The topological polar surface area (TPSA) is 147 Å². The van der Waals surface area contributed by atoms with E-state index in [9.17, 15) is 18.8 Å². The van der Waals surface area contributed by atoms with Gasteiger partial charge in [-0.3, -0.25) is 14.6 Å². The minimum atomic E-state index is -0.666. The zero-order chi connectivity index (χ0) is 28.3. The number of aromatic nitrogens is 4. The number of fused-ring (bicyclic) bond motifs is 1. The average molecular weight is 560 g/mol. The number of Topliss-reactive ketones (excluding diaryl/α,β-unsaturated/α-hetero) is 1. The van der Waals surface area contributed by atoms with Gasteiger partial charge < -0.3 is 24.3 Å². The molecule has 0 atom stereocenters. The van der Waals surface area contributed by atoms with Gasteiger partial charge in [-0.2, -0.15) is 4.98 Å². The van der Waals surface area contributed by atoms with Crippen molar-refractivity contribution in [3.05, 3.63) is 63.0 Å². The molecule has 0 aliphatic heterocycles. The normalized spacial score (nSPS) is 10.8. The van der Waals surface area contributed by atoms with E-state index in [0.29, 0.717) is 0 Å². The van der Waals surface area contributed by atoms with Crippen LogP contribution in [0.25, 0.3) is 16.9 Å². The molecule has 0 spiro atoms. The van der Waals surface area contributed by atoms with Crippen LogP contribution in [0.5, 0.6) is 23.1 Å². The number of ether oxygens (including phenoxy) is 4. The number of aromatic amines is 1. The van der Waals surface area contributed by atoms with E-state index >= 15 is 0 Å². The molecule has 1 amide bonds. The van der Waals surface area contributed by atoms with Crippen LogP contribution in [0, 0.1) is 5.82 Å². The fourth-order valence-corrected chi connectivity index (χ4v) is 3.88. The van der Waals surface area contributed by atoms with Gasteiger partial charge in [0.05, 0.1) is 30.5 Å². The number of amides is 1. The maximum absolute atomic E-state index is 14.5. The first kappa shape index (κ1) is 27.4. The number of rotatable bonds is 10. The number of imidazole rings is 1. The predicted octanol–water partition coefficient (Wildman–Crippen LogP) is 2.82. The van der Waals surface area contributed by atoms with Crippen molar-refractivity contribution in [2.24, 2.45) is 0 Å². The van der Waals surface area contributed by atoms with Crippen LogP contribution < -0.4 is 30.0 Å². The summed E-state index contributed by atoms with van der Waals surface area (Å²) in [6, 6.07) is 7.02. The molecule has 0 unspecified atom stereocenters. The van der Waals surface area contributed by atoms with Crippen LogP contribution in [0.3, 0.4) is 0 Å². The number of hydrogen-bond acceptors (Lipinski definition) is 9. The van der Waals surface area contributed by atoms with Gasteiger partial charge in [0.2, 0.25) is 11.7 Å². The van der Waals surface area contributed by atoms with Crippen molar-refractivity contribution >= 4 is 34.5 Å². The molecule has 2 N–H and O–H groups in total. The van der Waals surface area contributed by atoms with Crippen LogP contribution in [0.2, 0.25) is 5.02 Å². The third-order valence-electron chi connectivity index (χ3n) is 5.57. The largest absolute Gasteiger partial charge is 0.496 e. The third kappa shape index (κ3) is 5.48. The van der Waals surface area contributed by atoms with E-state index in [1.165, 1.54) is 52.5 Å². The molecule has 14 heteroatoms. The van der Waals surface area contributed by atoms with E-state index in [0.717, 1.165) is 4.57 Å². The van der Waals surface area contributed by atoms with Crippen LogP contribution in [-0.4, -0.2) is 59.1 Å². The van der Waals surface area contributed by atoms with Gasteiger partial charge in [-0.15, -0.1) is 0 Å². The quantitative estimate of drug-likeness (QED) is 0.280. The summed E-state index contributed by atoms with van der Waals surface area (Å²) in [4.78, 5) is 47.7. The van der Waals surface area contributed by atoms with Crippen LogP contribution >= 0.6 is 11.6 Å². The standard InChI is InChI=1S/C25H23ClFN5O7/c1-12(33)22-30-23-21(24(31-22)37-4)29-25(35)32(23)16-9-19(18(8-14(16)26)39-11-20(34)28-2)38-10-13-15(27)6-5-7-17(13)36-3/h5-9H,10-11H2,1-4H3,(H,28,34)(H,29,35). The van der Waals surface area contributed by atoms with E-state index in [4.69, 9.17) is 30.5 Å². The zero-order valence-corrected chi connectivity index (χ0v) is 22.0. The fourth-order valence-electron chi connectivity index (χ4n) is 3.64. The Morgan fingerprint density at radius 3 is 2.51 bits per heavy atom. The zero-order valence-electron chi connectivity index (χ0n) is 21.3. The van der Waals surface area contributed by atoms with Crippen LogP contribution in [-0.2, 0) is 11.4 Å². The van der Waals surface area contributed by atoms with Crippen molar-refractivity contribution in [3.8, 4) is 28.8 Å². The molecule has 0 aliphatic carbocycles. The second-order valence-corrected chi connectivity index (χ2v) is 8.41. The van der Waals surface area contributed by atoms with Crippen LogP contribution in [0.15, 0.2) is 35.1 Å². The van der Waals surface area contributed by atoms with Crippen LogP contribution in [0.1, 0.15) is 23.1 Å². The minimum Gasteiger partial charge on any atom is -0.496 e. The molecule has 12 nitrogen and oxygen atoms in total. The summed E-state index contributed by atoms with van der Waals surface area (Å²) in [6.07, 6.45) is 0. The van der Waals surface area contributed by atoms with Crippen molar-refractivity contribution in [2.75, 3.05) is 27.9 Å². The Morgan fingerprint density at radius 1 is 1.10 bits per heavy atom. The number of nitrogens with one attached hydrogen (secondary N) is 2. The van der Waals surface area contributed by atoms with Gasteiger partial charge in [-0.1, -0.05) is 17.7 Å². The van der Waals surface area contributed by atoms with E-state index in [2.05, 4.69) is 20.3 Å². The number of carbonyl (C=O) groups excluding carboxylic acids is 2. The second-order valence-electron chi connectivity index (χ2n) is 8.00. The first-order chi connectivity index (χ1) is 18.7. The summed E-state index contributed by atoms with van der Waals surface area (Å²) in [6.45, 7) is 0.607. The number of hydrogen-bond donors (Lipinski definition) is 2. The lowest BCUT2D eigenvalue weighted by Crippen LogP contribution is -2.25. The SMILES string of the molecule is CNC(=O)COc1cc(Cl)c(-n2c(=O)[nH]c3c(OC)nc(C(C)=O)nc32)cc1OCc1c(F)cccc1OC. The highest BCUT2D eigenvalue weighted by molar-refractivity contribution is 6.32. The Labute approximate surface area is 225 Å². The number of nitrogens with zero attached hydrogens (tertiary/aromatic N) is 3. The second kappa shape index (κ2) is 11.4. The molecular formula is C25H23ClFN5O7. The number of benzene rings is 2. The number of methoxy groups -OCH3 is 2. The summed E-state index contributed by atoms with van der Waals surface area (Å²) >= 11 is 6.55. The summed E-state index contributed by atoms with van der Waals surface area (Å²) < 4.78 is 37.6. The lowest BCUT2D eigenvalue weighted by atomic mass is 10.2. The molecule has 4 aromatic rings. The fraction of sp³-hybridized carbons (Fsp3) is 0.240. The first-order valence-electron chi connectivity index (χ1n) is 11.4. The van der Waals surface area contributed by atoms with E-state index in [1.54, 1.807) is 6.07 Å². The summed E-state index contributed by atoms with van der Waals surface area (Å²) in [5.41, 5.74) is -0.310. The molecule has 2 aromatic heterocycles. The first-order valence-corrected chi connectivity index (χ1v) is 11.7.